The monoisotopic (exact) mass is 198 g/mol. The number of carbonyl (C=O) groups is 1. The van der Waals surface area contributed by atoms with E-state index >= 15 is 0 Å². The first-order valence-electron chi connectivity index (χ1n) is 4.49. The highest BCUT2D eigenvalue weighted by molar-refractivity contribution is 5.69. The molecule has 5 nitrogen and oxygen atoms in total. The molecule has 0 unspecified atom stereocenters. The van der Waals surface area contributed by atoms with Gasteiger partial charge in [-0.05, 0) is 13.0 Å². The van der Waals surface area contributed by atoms with E-state index < -0.39 is 0 Å². The van der Waals surface area contributed by atoms with E-state index in [0.717, 1.165) is 18.7 Å². The summed E-state index contributed by atoms with van der Waals surface area (Å²) in [5.74, 6) is -0.173. The van der Waals surface area contributed by atoms with Crippen LogP contribution in [0.15, 0.2) is 16.9 Å². The topological polar surface area (TPSA) is 64.4 Å². The van der Waals surface area contributed by atoms with E-state index in [1.807, 2.05) is 0 Å². The van der Waals surface area contributed by atoms with E-state index in [0.29, 0.717) is 13.0 Å². The summed E-state index contributed by atoms with van der Waals surface area (Å²) in [4.78, 5) is 10.7. The second-order valence-electron chi connectivity index (χ2n) is 2.85. The molecule has 0 bridgehead atoms. The third-order valence-electron chi connectivity index (χ3n) is 1.76. The van der Waals surface area contributed by atoms with Gasteiger partial charge in [0, 0.05) is 19.0 Å². The number of methoxy groups -OCH3 is 1. The highest BCUT2D eigenvalue weighted by atomic mass is 16.5. The molecule has 0 aliphatic heterocycles. The molecule has 0 aliphatic carbocycles. The summed E-state index contributed by atoms with van der Waals surface area (Å²) in [6, 6.07) is 1.80. The van der Waals surface area contributed by atoms with Crippen LogP contribution in [0.3, 0.4) is 0 Å². The standard InChI is InChI=1S/C9H14N2O3/c1-13-9(12)3-2-5-10-7-8-4-6-14-11-8/h4,6,10H,2-3,5,7H2,1H3. The Hall–Kier alpha value is -1.36. The number of nitrogens with one attached hydrogen (secondary N) is 1. The molecule has 0 aromatic carbocycles. The Bertz CT molecular complexity index is 259. The molecule has 0 amide bonds. The molecule has 0 saturated carbocycles. The average Bonchev–Trinajstić information content (AvgIpc) is 2.69. The van der Waals surface area contributed by atoms with Crippen molar-refractivity contribution in [2.45, 2.75) is 19.4 Å². The zero-order valence-electron chi connectivity index (χ0n) is 8.16. The Morgan fingerprint density at radius 2 is 2.57 bits per heavy atom. The van der Waals surface area contributed by atoms with Gasteiger partial charge in [-0.25, -0.2) is 0 Å². The van der Waals surface area contributed by atoms with Gasteiger partial charge in [-0.1, -0.05) is 5.16 Å². The number of nitrogens with zero attached hydrogens (tertiary/aromatic N) is 1. The molecule has 14 heavy (non-hydrogen) atoms. The Kier molecular flexibility index (Phi) is 4.71. The Morgan fingerprint density at radius 3 is 3.21 bits per heavy atom. The van der Waals surface area contributed by atoms with Crippen molar-refractivity contribution in [3.05, 3.63) is 18.0 Å². The van der Waals surface area contributed by atoms with Crippen LogP contribution in [0.4, 0.5) is 0 Å². The van der Waals surface area contributed by atoms with Crippen molar-refractivity contribution in [3.63, 3.8) is 0 Å². The maximum atomic E-state index is 10.7. The lowest BCUT2D eigenvalue weighted by Gasteiger charge is -2.01. The van der Waals surface area contributed by atoms with Crippen molar-refractivity contribution in [3.8, 4) is 0 Å². The fraction of sp³-hybridized carbons (Fsp3) is 0.556. The Morgan fingerprint density at radius 1 is 1.71 bits per heavy atom. The third kappa shape index (κ3) is 4.04. The summed E-state index contributed by atoms with van der Waals surface area (Å²) < 4.78 is 9.17. The second kappa shape index (κ2) is 6.15. The molecule has 5 heteroatoms. The zero-order valence-corrected chi connectivity index (χ0v) is 8.16. The normalized spacial score (nSPS) is 10.1. The summed E-state index contributed by atoms with van der Waals surface area (Å²) in [5.41, 5.74) is 0.864. The zero-order chi connectivity index (χ0) is 10.2. The smallest absolute Gasteiger partial charge is 0.305 e. The summed E-state index contributed by atoms with van der Waals surface area (Å²) in [6.45, 7) is 1.43. The van der Waals surface area contributed by atoms with Gasteiger partial charge in [-0.15, -0.1) is 0 Å². The first kappa shape index (κ1) is 10.7. The molecule has 1 heterocycles. The van der Waals surface area contributed by atoms with Gasteiger partial charge >= 0.3 is 5.97 Å². The highest BCUT2D eigenvalue weighted by Gasteiger charge is 1.99. The fourth-order valence-corrected chi connectivity index (χ4v) is 1.00. The summed E-state index contributed by atoms with van der Waals surface area (Å²) >= 11 is 0. The van der Waals surface area contributed by atoms with Crippen molar-refractivity contribution < 1.29 is 14.1 Å². The molecular formula is C9H14N2O3. The molecule has 0 aliphatic rings. The van der Waals surface area contributed by atoms with E-state index in [2.05, 4.69) is 19.7 Å². The molecule has 0 saturated heterocycles. The molecule has 0 spiro atoms. The van der Waals surface area contributed by atoms with Crippen molar-refractivity contribution >= 4 is 5.97 Å². The van der Waals surface area contributed by atoms with Crippen molar-refractivity contribution in [2.75, 3.05) is 13.7 Å². The lowest BCUT2D eigenvalue weighted by atomic mass is 10.3. The molecule has 1 rings (SSSR count). The predicted octanol–water partition coefficient (Wildman–Crippen LogP) is 0.717. The van der Waals surface area contributed by atoms with Crippen LogP contribution in [0.2, 0.25) is 0 Å². The van der Waals surface area contributed by atoms with Gasteiger partial charge in [0.25, 0.3) is 0 Å². The van der Waals surface area contributed by atoms with Gasteiger partial charge in [-0.3, -0.25) is 4.79 Å². The maximum absolute atomic E-state index is 10.7. The number of hydrogen-bond acceptors (Lipinski definition) is 5. The molecule has 0 fully saturated rings. The van der Waals surface area contributed by atoms with Gasteiger partial charge in [0.15, 0.2) is 0 Å². The quantitative estimate of drug-likeness (QED) is 0.539. The van der Waals surface area contributed by atoms with E-state index in [1.165, 1.54) is 13.4 Å². The van der Waals surface area contributed by atoms with Crippen LogP contribution >= 0.6 is 0 Å². The highest BCUT2D eigenvalue weighted by Crippen LogP contribution is 1.94. The van der Waals surface area contributed by atoms with E-state index in [4.69, 9.17) is 0 Å². The number of aromatic nitrogens is 1. The van der Waals surface area contributed by atoms with Crippen LogP contribution in [0.1, 0.15) is 18.5 Å². The van der Waals surface area contributed by atoms with Crippen LogP contribution < -0.4 is 5.32 Å². The largest absolute Gasteiger partial charge is 0.469 e. The second-order valence-corrected chi connectivity index (χ2v) is 2.85. The minimum absolute atomic E-state index is 0.173. The molecule has 0 atom stereocenters. The van der Waals surface area contributed by atoms with Gasteiger partial charge in [-0.2, -0.15) is 0 Å². The molecular weight excluding hydrogens is 184 g/mol. The lowest BCUT2D eigenvalue weighted by Crippen LogP contribution is -2.16. The number of carbonyl (C=O) groups excluding carboxylic acids is 1. The molecule has 0 radical (unpaired) electrons. The van der Waals surface area contributed by atoms with Gasteiger partial charge in [0.1, 0.15) is 6.26 Å². The minimum atomic E-state index is -0.173. The minimum Gasteiger partial charge on any atom is -0.469 e. The first-order valence-corrected chi connectivity index (χ1v) is 4.49. The Balaban J connectivity index is 1.97. The van der Waals surface area contributed by atoms with Gasteiger partial charge in [0.2, 0.25) is 0 Å². The number of hydrogen-bond donors (Lipinski definition) is 1. The van der Waals surface area contributed by atoms with Gasteiger partial charge in [0.05, 0.1) is 12.8 Å². The number of esters is 1. The summed E-state index contributed by atoms with van der Waals surface area (Å²) in [5, 5.41) is 6.87. The van der Waals surface area contributed by atoms with Gasteiger partial charge < -0.3 is 14.6 Å². The van der Waals surface area contributed by atoms with Crippen LogP contribution in [-0.4, -0.2) is 24.8 Å². The van der Waals surface area contributed by atoms with Crippen molar-refractivity contribution in [2.24, 2.45) is 0 Å². The lowest BCUT2D eigenvalue weighted by molar-refractivity contribution is -0.140. The summed E-state index contributed by atoms with van der Waals surface area (Å²) in [6.07, 6.45) is 2.75. The van der Waals surface area contributed by atoms with Crippen LogP contribution in [0, 0.1) is 0 Å². The SMILES string of the molecule is COC(=O)CCCNCc1ccon1. The van der Waals surface area contributed by atoms with Crippen molar-refractivity contribution in [1.29, 1.82) is 0 Å². The maximum Gasteiger partial charge on any atom is 0.305 e. The first-order chi connectivity index (χ1) is 6.83. The van der Waals surface area contributed by atoms with Crippen LogP contribution in [0.5, 0.6) is 0 Å². The van der Waals surface area contributed by atoms with Crippen molar-refractivity contribution in [1.82, 2.24) is 10.5 Å². The number of rotatable bonds is 6. The fourth-order valence-electron chi connectivity index (χ4n) is 1.00. The van der Waals surface area contributed by atoms with Crippen LogP contribution in [-0.2, 0) is 16.1 Å². The average molecular weight is 198 g/mol. The molecule has 78 valence electrons. The van der Waals surface area contributed by atoms with E-state index in [1.54, 1.807) is 6.07 Å². The predicted molar refractivity (Wildman–Crippen MR) is 49.5 cm³/mol. The van der Waals surface area contributed by atoms with Crippen LogP contribution in [0.25, 0.3) is 0 Å². The molecule has 1 N–H and O–H groups in total. The Labute approximate surface area is 82.4 Å². The summed E-state index contributed by atoms with van der Waals surface area (Å²) in [7, 11) is 1.39. The molecule has 1 aromatic rings. The number of ether oxygens (including phenoxy) is 1. The molecule has 1 aromatic heterocycles. The third-order valence-corrected chi connectivity index (χ3v) is 1.76. The van der Waals surface area contributed by atoms with E-state index in [9.17, 15) is 4.79 Å². The van der Waals surface area contributed by atoms with E-state index in [-0.39, 0.29) is 5.97 Å².